The summed E-state index contributed by atoms with van der Waals surface area (Å²) in [5.41, 5.74) is 0.474. The Kier molecular flexibility index (Phi) is 4.71. The largest absolute Gasteiger partial charge is 0.462 e. The minimum absolute atomic E-state index is 0.0320. The van der Waals surface area contributed by atoms with Crippen molar-refractivity contribution >= 4 is 17.7 Å². The van der Waals surface area contributed by atoms with Gasteiger partial charge in [-0.15, -0.1) is 0 Å². The van der Waals surface area contributed by atoms with Crippen molar-refractivity contribution in [1.82, 2.24) is 0 Å². The minimum Gasteiger partial charge on any atom is -0.462 e. The van der Waals surface area contributed by atoms with Crippen LogP contribution in [-0.2, 0) is 4.79 Å². The normalized spacial score (nSPS) is 11.0. The average Bonchev–Trinajstić information content (AvgIpc) is 2.84. The molecule has 0 aliphatic carbocycles. The van der Waals surface area contributed by atoms with Gasteiger partial charge in [0, 0.05) is 11.8 Å². The molecular weight excluding hydrogens is 280 g/mol. The lowest BCUT2D eigenvalue weighted by Gasteiger charge is -2.06. The molecule has 1 aromatic heterocycles. The molecule has 0 unspecified atom stereocenters. The van der Waals surface area contributed by atoms with Crippen LogP contribution in [0.15, 0.2) is 46.9 Å². The van der Waals surface area contributed by atoms with Crippen LogP contribution in [0.3, 0.4) is 0 Å². The summed E-state index contributed by atoms with van der Waals surface area (Å²) in [6.45, 7) is -1.06. The topological polar surface area (TPSA) is 51.5 Å². The lowest BCUT2D eigenvalue weighted by molar-refractivity contribution is -0.111. The molecule has 0 aliphatic heterocycles. The Hall–Kier alpha value is -2.63. The summed E-state index contributed by atoms with van der Waals surface area (Å²) in [5, 5.41) is 2.59. The monoisotopic (exact) mass is 293 g/mol. The first-order valence-corrected chi connectivity index (χ1v) is 6.13. The van der Waals surface area contributed by atoms with E-state index in [-0.39, 0.29) is 11.7 Å². The van der Waals surface area contributed by atoms with E-state index in [0.29, 0.717) is 11.4 Å². The first-order valence-electron chi connectivity index (χ1n) is 6.13. The van der Waals surface area contributed by atoms with Crippen LogP contribution in [0.1, 0.15) is 11.5 Å². The van der Waals surface area contributed by atoms with Crippen molar-refractivity contribution in [2.75, 3.05) is 5.32 Å². The molecule has 1 N–H and O–H groups in total. The maximum Gasteiger partial charge on any atom is 0.387 e. The Morgan fingerprint density at radius 3 is 2.52 bits per heavy atom. The lowest BCUT2D eigenvalue weighted by atomic mass is 10.3. The van der Waals surface area contributed by atoms with E-state index in [1.165, 1.54) is 36.4 Å². The van der Waals surface area contributed by atoms with Gasteiger partial charge in [0.25, 0.3) is 0 Å². The number of ether oxygens (including phenoxy) is 1. The second-order valence-corrected chi connectivity index (χ2v) is 4.17. The third-order valence-electron chi connectivity index (χ3n) is 2.51. The van der Waals surface area contributed by atoms with Gasteiger partial charge in [-0.2, -0.15) is 8.78 Å². The van der Waals surface area contributed by atoms with Gasteiger partial charge in [0.2, 0.25) is 5.91 Å². The standard InChI is InChI=1S/C15H13F2NO3/c1-10-2-5-12(20-10)8-9-14(19)18-11-3-6-13(7-4-11)21-15(16)17/h2-9,15H,1H3,(H,18,19)/b9-8+. The van der Waals surface area contributed by atoms with E-state index in [9.17, 15) is 13.6 Å². The summed E-state index contributed by atoms with van der Waals surface area (Å²) < 4.78 is 33.5. The number of alkyl halides is 2. The highest BCUT2D eigenvalue weighted by Gasteiger charge is 2.04. The first-order chi connectivity index (χ1) is 10.0. The summed E-state index contributed by atoms with van der Waals surface area (Å²) in [6.07, 6.45) is 2.86. The third-order valence-corrected chi connectivity index (χ3v) is 2.51. The van der Waals surface area contributed by atoms with Crippen molar-refractivity contribution in [1.29, 1.82) is 0 Å². The molecule has 0 aliphatic rings. The fourth-order valence-electron chi connectivity index (χ4n) is 1.60. The molecule has 1 aromatic carbocycles. The average molecular weight is 293 g/mol. The van der Waals surface area contributed by atoms with Gasteiger partial charge >= 0.3 is 6.61 Å². The molecule has 0 spiro atoms. The van der Waals surface area contributed by atoms with Crippen LogP contribution in [0.2, 0.25) is 0 Å². The SMILES string of the molecule is Cc1ccc(/C=C/C(=O)Nc2ccc(OC(F)F)cc2)o1. The first kappa shape index (κ1) is 14.8. The Balaban J connectivity index is 1.91. The molecule has 6 heteroatoms. The molecular formula is C15H13F2NO3. The summed E-state index contributed by atoms with van der Waals surface area (Å²) in [7, 11) is 0. The summed E-state index contributed by atoms with van der Waals surface area (Å²) in [6, 6.07) is 9.18. The third kappa shape index (κ3) is 4.76. The number of hydrogen-bond acceptors (Lipinski definition) is 3. The van der Waals surface area contributed by atoms with Crippen molar-refractivity contribution in [3.63, 3.8) is 0 Å². The van der Waals surface area contributed by atoms with E-state index in [0.717, 1.165) is 5.76 Å². The summed E-state index contributed by atoms with van der Waals surface area (Å²) >= 11 is 0. The molecule has 4 nitrogen and oxygen atoms in total. The Bertz CT molecular complexity index is 633. The van der Waals surface area contributed by atoms with Gasteiger partial charge in [-0.1, -0.05) is 0 Å². The van der Waals surface area contributed by atoms with Crippen molar-refractivity contribution in [3.05, 3.63) is 54.0 Å². The number of amides is 1. The van der Waals surface area contributed by atoms with Gasteiger partial charge in [-0.3, -0.25) is 4.79 Å². The van der Waals surface area contributed by atoms with Crippen molar-refractivity contribution < 1.29 is 22.7 Å². The summed E-state index contributed by atoms with van der Waals surface area (Å²) in [4.78, 5) is 11.7. The molecule has 2 rings (SSSR count). The molecule has 0 radical (unpaired) electrons. The van der Waals surface area contributed by atoms with Crippen molar-refractivity contribution in [2.24, 2.45) is 0 Å². The van der Waals surface area contributed by atoms with Crippen LogP contribution < -0.4 is 10.1 Å². The van der Waals surface area contributed by atoms with E-state index in [1.54, 1.807) is 19.1 Å². The number of carbonyl (C=O) groups is 1. The van der Waals surface area contributed by atoms with Gasteiger partial charge in [0.05, 0.1) is 0 Å². The van der Waals surface area contributed by atoms with Crippen LogP contribution in [0, 0.1) is 6.92 Å². The van der Waals surface area contributed by atoms with Crippen LogP contribution in [0.5, 0.6) is 5.75 Å². The number of anilines is 1. The van der Waals surface area contributed by atoms with E-state index in [4.69, 9.17) is 4.42 Å². The molecule has 1 amide bonds. The van der Waals surface area contributed by atoms with Crippen molar-refractivity contribution in [2.45, 2.75) is 13.5 Å². The predicted octanol–water partition coefficient (Wildman–Crippen LogP) is 3.84. The lowest BCUT2D eigenvalue weighted by Crippen LogP contribution is -2.07. The molecule has 0 atom stereocenters. The molecule has 1 heterocycles. The number of hydrogen-bond donors (Lipinski definition) is 1. The fourth-order valence-corrected chi connectivity index (χ4v) is 1.60. The van der Waals surface area contributed by atoms with Crippen LogP contribution >= 0.6 is 0 Å². The van der Waals surface area contributed by atoms with Crippen molar-refractivity contribution in [3.8, 4) is 5.75 Å². The van der Waals surface area contributed by atoms with Gasteiger partial charge in [-0.05, 0) is 49.4 Å². The molecule has 0 bridgehead atoms. The Morgan fingerprint density at radius 1 is 1.24 bits per heavy atom. The fraction of sp³-hybridized carbons (Fsp3) is 0.133. The highest BCUT2D eigenvalue weighted by atomic mass is 19.3. The maximum absolute atomic E-state index is 12.0. The second-order valence-electron chi connectivity index (χ2n) is 4.17. The van der Waals surface area contributed by atoms with E-state index in [2.05, 4.69) is 10.1 Å². The van der Waals surface area contributed by atoms with Gasteiger partial charge in [0.1, 0.15) is 17.3 Å². The number of halogens is 2. The zero-order valence-electron chi connectivity index (χ0n) is 11.2. The number of furan rings is 1. The number of nitrogens with one attached hydrogen (secondary N) is 1. The molecule has 0 saturated heterocycles. The molecule has 0 fully saturated rings. The number of aryl methyl sites for hydroxylation is 1. The van der Waals surface area contributed by atoms with Crippen LogP contribution in [0.4, 0.5) is 14.5 Å². The summed E-state index contributed by atoms with van der Waals surface area (Å²) in [5.74, 6) is 1.00. The molecule has 0 saturated carbocycles. The zero-order valence-corrected chi connectivity index (χ0v) is 11.2. The highest BCUT2D eigenvalue weighted by Crippen LogP contribution is 2.17. The van der Waals surface area contributed by atoms with E-state index < -0.39 is 6.61 Å². The van der Waals surface area contributed by atoms with E-state index in [1.807, 2.05) is 0 Å². The van der Waals surface area contributed by atoms with Gasteiger partial charge in [-0.25, -0.2) is 0 Å². The number of rotatable bonds is 5. The Morgan fingerprint density at radius 2 is 1.95 bits per heavy atom. The molecule has 21 heavy (non-hydrogen) atoms. The molecule has 110 valence electrons. The smallest absolute Gasteiger partial charge is 0.387 e. The second kappa shape index (κ2) is 6.69. The quantitative estimate of drug-likeness (QED) is 0.852. The van der Waals surface area contributed by atoms with Gasteiger partial charge in [0.15, 0.2) is 0 Å². The maximum atomic E-state index is 12.0. The number of benzene rings is 1. The zero-order chi connectivity index (χ0) is 15.2. The van der Waals surface area contributed by atoms with E-state index >= 15 is 0 Å². The van der Waals surface area contributed by atoms with Crippen LogP contribution in [-0.4, -0.2) is 12.5 Å². The predicted molar refractivity (Wildman–Crippen MR) is 74.2 cm³/mol. The Labute approximate surface area is 120 Å². The van der Waals surface area contributed by atoms with Crippen LogP contribution in [0.25, 0.3) is 6.08 Å². The van der Waals surface area contributed by atoms with Gasteiger partial charge < -0.3 is 14.5 Å². The molecule has 2 aromatic rings. The minimum atomic E-state index is -2.87. The number of carbonyl (C=O) groups excluding carboxylic acids is 1. The highest BCUT2D eigenvalue weighted by molar-refractivity contribution is 6.01.